The zero-order valence-corrected chi connectivity index (χ0v) is 20.0. The lowest BCUT2D eigenvalue weighted by atomic mass is 10.1. The van der Waals surface area contributed by atoms with Crippen molar-refractivity contribution in [2.75, 3.05) is 36.5 Å². The Balaban J connectivity index is 1.41. The summed E-state index contributed by atoms with van der Waals surface area (Å²) in [5.41, 5.74) is 4.83. The summed E-state index contributed by atoms with van der Waals surface area (Å²) in [6.45, 7) is 7.67. The predicted octanol–water partition coefficient (Wildman–Crippen LogP) is 5.87. The van der Waals surface area contributed by atoms with Crippen LogP contribution in [-0.2, 0) is 4.74 Å². The molecular formula is C26H26N6OS. The van der Waals surface area contributed by atoms with Gasteiger partial charge < -0.3 is 19.5 Å². The SMILES string of the molecule is CC(C)n1cnc2c(Nc3ccc(N4CCOCC4)cc3)nc(-c3csc4ccccc34)nc21. The molecule has 0 bridgehead atoms. The number of hydrogen-bond acceptors (Lipinski definition) is 7. The lowest BCUT2D eigenvalue weighted by molar-refractivity contribution is 0.122. The van der Waals surface area contributed by atoms with Crippen LogP contribution in [0, 0.1) is 0 Å². The van der Waals surface area contributed by atoms with Crippen LogP contribution in [0.15, 0.2) is 60.2 Å². The predicted molar refractivity (Wildman–Crippen MR) is 139 cm³/mol. The lowest BCUT2D eigenvalue weighted by Crippen LogP contribution is -2.36. The molecule has 4 heterocycles. The molecule has 1 saturated heterocycles. The number of rotatable bonds is 5. The monoisotopic (exact) mass is 470 g/mol. The highest BCUT2D eigenvalue weighted by atomic mass is 32.1. The Morgan fingerprint density at radius 2 is 1.79 bits per heavy atom. The Morgan fingerprint density at radius 1 is 1.00 bits per heavy atom. The molecule has 1 N–H and O–H groups in total. The Bertz CT molecular complexity index is 1450. The Kier molecular flexibility index (Phi) is 5.39. The maximum Gasteiger partial charge on any atom is 0.166 e. The van der Waals surface area contributed by atoms with Crippen molar-refractivity contribution >= 4 is 49.8 Å². The van der Waals surface area contributed by atoms with Crippen LogP contribution in [0.5, 0.6) is 0 Å². The van der Waals surface area contributed by atoms with Crippen molar-refractivity contribution in [3.63, 3.8) is 0 Å². The minimum atomic E-state index is 0.243. The summed E-state index contributed by atoms with van der Waals surface area (Å²) in [6.07, 6.45) is 1.85. The third-order valence-corrected chi connectivity index (χ3v) is 7.17. The van der Waals surface area contributed by atoms with Crippen LogP contribution in [0.4, 0.5) is 17.2 Å². The molecule has 1 fully saturated rings. The van der Waals surface area contributed by atoms with E-state index in [1.54, 1.807) is 11.3 Å². The second-order valence-corrected chi connectivity index (χ2v) is 9.64. The summed E-state index contributed by atoms with van der Waals surface area (Å²) in [6, 6.07) is 17.1. The molecule has 0 saturated carbocycles. The highest BCUT2D eigenvalue weighted by Crippen LogP contribution is 2.35. The van der Waals surface area contributed by atoms with Crippen LogP contribution in [0.3, 0.4) is 0 Å². The number of ether oxygens (including phenoxy) is 1. The van der Waals surface area contributed by atoms with Crippen LogP contribution in [0.1, 0.15) is 19.9 Å². The summed E-state index contributed by atoms with van der Waals surface area (Å²) in [5.74, 6) is 1.42. The lowest BCUT2D eigenvalue weighted by Gasteiger charge is -2.28. The Morgan fingerprint density at radius 3 is 2.59 bits per heavy atom. The van der Waals surface area contributed by atoms with Gasteiger partial charge in [-0.25, -0.2) is 15.0 Å². The fourth-order valence-corrected chi connectivity index (χ4v) is 5.31. The highest BCUT2D eigenvalue weighted by Gasteiger charge is 2.18. The maximum atomic E-state index is 5.48. The maximum absolute atomic E-state index is 5.48. The van der Waals surface area contributed by atoms with E-state index in [2.05, 4.69) is 87.5 Å². The van der Waals surface area contributed by atoms with Crippen molar-refractivity contribution in [2.45, 2.75) is 19.9 Å². The van der Waals surface area contributed by atoms with Crippen molar-refractivity contribution in [3.8, 4) is 11.4 Å². The molecule has 8 heteroatoms. The topological polar surface area (TPSA) is 68.1 Å². The summed E-state index contributed by atoms with van der Waals surface area (Å²) < 4.78 is 8.80. The first-order chi connectivity index (χ1) is 16.7. The van der Waals surface area contributed by atoms with Gasteiger partial charge in [0.2, 0.25) is 0 Å². The first-order valence-corrected chi connectivity index (χ1v) is 12.5. The number of thiophene rings is 1. The van der Waals surface area contributed by atoms with Crippen LogP contribution < -0.4 is 10.2 Å². The smallest absolute Gasteiger partial charge is 0.166 e. The Hall–Kier alpha value is -3.49. The largest absolute Gasteiger partial charge is 0.378 e. The molecule has 7 nitrogen and oxygen atoms in total. The molecule has 1 aliphatic heterocycles. The van der Waals surface area contributed by atoms with E-state index in [4.69, 9.17) is 14.7 Å². The van der Waals surface area contributed by atoms with Gasteiger partial charge in [-0.1, -0.05) is 18.2 Å². The second kappa shape index (κ2) is 8.70. The number of fused-ring (bicyclic) bond motifs is 2. The number of benzene rings is 2. The normalized spacial score (nSPS) is 14.4. The number of nitrogens with one attached hydrogen (secondary N) is 1. The van der Waals surface area contributed by atoms with Crippen molar-refractivity contribution < 1.29 is 4.74 Å². The molecule has 1 aliphatic rings. The molecule has 0 radical (unpaired) electrons. The van der Waals surface area contributed by atoms with E-state index in [1.807, 2.05) is 6.33 Å². The molecule has 3 aromatic heterocycles. The minimum absolute atomic E-state index is 0.243. The summed E-state index contributed by atoms with van der Waals surface area (Å²) in [5, 5.41) is 6.82. The zero-order valence-electron chi connectivity index (χ0n) is 19.2. The zero-order chi connectivity index (χ0) is 23.1. The first-order valence-electron chi connectivity index (χ1n) is 11.6. The molecule has 2 aromatic carbocycles. The molecule has 0 spiro atoms. The number of morpholine rings is 1. The quantitative estimate of drug-likeness (QED) is 0.347. The number of aromatic nitrogens is 4. The van der Waals surface area contributed by atoms with Gasteiger partial charge in [0.15, 0.2) is 22.8 Å². The third-order valence-electron chi connectivity index (χ3n) is 6.21. The van der Waals surface area contributed by atoms with Crippen molar-refractivity contribution in [1.82, 2.24) is 19.5 Å². The average molecular weight is 471 g/mol. The summed E-state index contributed by atoms with van der Waals surface area (Å²) >= 11 is 1.72. The highest BCUT2D eigenvalue weighted by molar-refractivity contribution is 7.17. The van der Waals surface area contributed by atoms with E-state index in [-0.39, 0.29) is 6.04 Å². The fraction of sp³-hybridized carbons (Fsp3) is 0.269. The molecule has 0 unspecified atom stereocenters. The summed E-state index contributed by atoms with van der Waals surface area (Å²) in [7, 11) is 0. The molecule has 0 aliphatic carbocycles. The number of imidazole rings is 1. The van der Waals surface area contributed by atoms with E-state index in [0.717, 1.165) is 48.7 Å². The van der Waals surface area contributed by atoms with Crippen LogP contribution >= 0.6 is 11.3 Å². The molecule has 6 rings (SSSR count). The van der Waals surface area contributed by atoms with Gasteiger partial charge in [0.1, 0.15) is 0 Å². The third kappa shape index (κ3) is 3.78. The minimum Gasteiger partial charge on any atom is -0.378 e. The van der Waals surface area contributed by atoms with E-state index in [0.29, 0.717) is 11.6 Å². The molecular weight excluding hydrogens is 444 g/mol. The number of nitrogens with zero attached hydrogens (tertiary/aromatic N) is 5. The standard InChI is InChI=1S/C26H26N6OS/c1-17(2)32-16-27-23-25(28-18-7-9-19(10-8-18)31-11-13-33-14-12-31)29-24(30-26(23)32)21-15-34-22-6-4-3-5-20(21)22/h3-10,15-17H,11-14H2,1-2H3,(H,28,29,30). The van der Waals surface area contributed by atoms with E-state index in [9.17, 15) is 0 Å². The van der Waals surface area contributed by atoms with Gasteiger partial charge in [0.25, 0.3) is 0 Å². The molecule has 172 valence electrons. The summed E-state index contributed by atoms with van der Waals surface area (Å²) in [4.78, 5) is 16.9. The van der Waals surface area contributed by atoms with Gasteiger partial charge in [-0.15, -0.1) is 11.3 Å². The van der Waals surface area contributed by atoms with Gasteiger partial charge >= 0.3 is 0 Å². The van der Waals surface area contributed by atoms with Gasteiger partial charge in [0, 0.05) is 51.5 Å². The molecule has 5 aromatic rings. The fourth-order valence-electron chi connectivity index (χ4n) is 4.37. The van der Waals surface area contributed by atoms with E-state index in [1.165, 1.54) is 15.8 Å². The van der Waals surface area contributed by atoms with Crippen LogP contribution in [0.25, 0.3) is 32.6 Å². The van der Waals surface area contributed by atoms with E-state index >= 15 is 0 Å². The number of anilines is 3. The van der Waals surface area contributed by atoms with Crippen molar-refractivity contribution in [1.29, 1.82) is 0 Å². The van der Waals surface area contributed by atoms with Gasteiger partial charge in [-0.2, -0.15) is 0 Å². The van der Waals surface area contributed by atoms with Crippen molar-refractivity contribution in [3.05, 3.63) is 60.2 Å². The molecule has 34 heavy (non-hydrogen) atoms. The van der Waals surface area contributed by atoms with Crippen LogP contribution in [0.2, 0.25) is 0 Å². The van der Waals surface area contributed by atoms with Gasteiger partial charge in [-0.3, -0.25) is 0 Å². The van der Waals surface area contributed by atoms with Gasteiger partial charge in [-0.05, 0) is 44.2 Å². The first kappa shape index (κ1) is 21.1. The van der Waals surface area contributed by atoms with Gasteiger partial charge in [0.05, 0.1) is 19.5 Å². The van der Waals surface area contributed by atoms with Crippen molar-refractivity contribution in [2.24, 2.45) is 0 Å². The second-order valence-electron chi connectivity index (χ2n) is 8.73. The van der Waals surface area contributed by atoms with E-state index < -0.39 is 0 Å². The average Bonchev–Trinajstić information content (AvgIpc) is 3.50. The molecule has 0 atom stereocenters. The van der Waals surface area contributed by atoms with Crippen LogP contribution in [-0.4, -0.2) is 45.8 Å². The molecule has 0 amide bonds. The number of hydrogen-bond donors (Lipinski definition) is 1. The Labute approximate surface area is 202 Å².